The summed E-state index contributed by atoms with van der Waals surface area (Å²) in [6.45, 7) is 4.09. The average molecular weight is 292 g/mol. The molecule has 1 aromatic carbocycles. The maximum Gasteiger partial charge on any atom is 0.308 e. The van der Waals surface area contributed by atoms with Gasteiger partial charge in [0.2, 0.25) is 0 Å². The van der Waals surface area contributed by atoms with Crippen molar-refractivity contribution in [1.29, 1.82) is 0 Å². The molecule has 0 aromatic heterocycles. The molecule has 1 rings (SSSR count). The highest BCUT2D eigenvalue weighted by atomic mass is 16.4. The van der Waals surface area contributed by atoms with Crippen LogP contribution in [-0.4, -0.2) is 37.6 Å². The van der Waals surface area contributed by atoms with Crippen molar-refractivity contribution in [3.63, 3.8) is 0 Å². The van der Waals surface area contributed by atoms with E-state index in [9.17, 15) is 9.59 Å². The minimum Gasteiger partial charge on any atom is -0.481 e. The number of nitrogens with zero attached hydrogens (tertiary/aromatic N) is 1. The first-order valence-electron chi connectivity index (χ1n) is 7.09. The van der Waals surface area contributed by atoms with E-state index in [-0.39, 0.29) is 18.4 Å². The molecule has 1 unspecified atom stereocenters. The van der Waals surface area contributed by atoms with E-state index < -0.39 is 11.9 Å². The van der Waals surface area contributed by atoms with Crippen molar-refractivity contribution in [2.24, 2.45) is 11.8 Å². The summed E-state index contributed by atoms with van der Waals surface area (Å²) in [5.74, 6) is -1.38. The Balaban J connectivity index is 2.61. The monoisotopic (exact) mass is 292 g/mol. The second-order valence-electron chi connectivity index (χ2n) is 5.82. The van der Waals surface area contributed by atoms with E-state index in [0.717, 1.165) is 5.69 Å². The van der Waals surface area contributed by atoms with Gasteiger partial charge in [0, 0.05) is 31.9 Å². The Labute approximate surface area is 126 Å². The lowest BCUT2D eigenvalue weighted by Gasteiger charge is -2.16. The van der Waals surface area contributed by atoms with Gasteiger partial charge >= 0.3 is 5.97 Å². The molecule has 5 nitrogen and oxygen atoms in total. The molecule has 5 heteroatoms. The molecular formula is C16H24N2O3. The molecule has 0 saturated carbocycles. The molecule has 0 bridgehead atoms. The molecule has 2 N–H and O–H groups in total. The fraction of sp³-hybridized carbons (Fsp3) is 0.500. The Morgan fingerprint density at radius 2 is 1.76 bits per heavy atom. The summed E-state index contributed by atoms with van der Waals surface area (Å²) < 4.78 is 0. The lowest BCUT2D eigenvalue weighted by Crippen LogP contribution is -2.33. The van der Waals surface area contributed by atoms with Gasteiger partial charge in [-0.1, -0.05) is 13.8 Å². The highest BCUT2D eigenvalue weighted by Crippen LogP contribution is 2.13. The second kappa shape index (κ2) is 7.67. The van der Waals surface area contributed by atoms with Gasteiger partial charge in [-0.15, -0.1) is 0 Å². The number of carbonyl (C=O) groups is 2. The third-order valence-corrected chi connectivity index (χ3v) is 3.26. The molecule has 0 aliphatic carbocycles. The molecule has 1 aromatic rings. The van der Waals surface area contributed by atoms with Gasteiger partial charge in [0.25, 0.3) is 5.91 Å². The molecule has 0 aliphatic rings. The highest BCUT2D eigenvalue weighted by Gasteiger charge is 2.19. The van der Waals surface area contributed by atoms with E-state index >= 15 is 0 Å². The summed E-state index contributed by atoms with van der Waals surface area (Å²) in [6.07, 6.45) is 0.551. The van der Waals surface area contributed by atoms with Crippen molar-refractivity contribution in [3.05, 3.63) is 29.8 Å². The maximum atomic E-state index is 12.0. The molecule has 116 valence electrons. The third-order valence-electron chi connectivity index (χ3n) is 3.26. The zero-order valence-corrected chi connectivity index (χ0v) is 13.1. The van der Waals surface area contributed by atoms with Crippen molar-refractivity contribution >= 4 is 17.6 Å². The summed E-state index contributed by atoms with van der Waals surface area (Å²) in [4.78, 5) is 25.1. The molecule has 21 heavy (non-hydrogen) atoms. The quantitative estimate of drug-likeness (QED) is 0.808. The first kappa shape index (κ1) is 17.0. The van der Waals surface area contributed by atoms with Crippen LogP contribution in [0.15, 0.2) is 24.3 Å². The Hall–Kier alpha value is -2.04. The normalized spacial score (nSPS) is 12.0. The van der Waals surface area contributed by atoms with Crippen LogP contribution in [0.1, 0.15) is 30.6 Å². The van der Waals surface area contributed by atoms with Crippen LogP contribution in [0, 0.1) is 11.8 Å². The number of hydrogen-bond acceptors (Lipinski definition) is 3. The number of hydrogen-bond donors (Lipinski definition) is 2. The fourth-order valence-corrected chi connectivity index (χ4v) is 2.07. The van der Waals surface area contributed by atoms with Crippen LogP contribution in [-0.2, 0) is 4.79 Å². The van der Waals surface area contributed by atoms with Gasteiger partial charge in [-0.25, -0.2) is 0 Å². The fourth-order valence-electron chi connectivity index (χ4n) is 2.07. The molecule has 0 heterocycles. The van der Waals surface area contributed by atoms with Crippen LogP contribution in [0.4, 0.5) is 5.69 Å². The van der Waals surface area contributed by atoms with E-state index in [1.807, 2.05) is 45.0 Å². The van der Waals surface area contributed by atoms with Crippen molar-refractivity contribution in [2.75, 3.05) is 25.5 Å². The van der Waals surface area contributed by atoms with Gasteiger partial charge in [-0.2, -0.15) is 0 Å². The standard InChI is InChI=1S/C16H24N2O3/c1-11(2)9-13(16(20)21)10-17-15(19)12-5-7-14(8-6-12)18(3)4/h5-8,11,13H,9-10H2,1-4H3,(H,17,19)(H,20,21). The van der Waals surface area contributed by atoms with Gasteiger partial charge < -0.3 is 15.3 Å². The molecule has 1 atom stereocenters. The van der Waals surface area contributed by atoms with Gasteiger partial charge in [-0.3, -0.25) is 9.59 Å². The smallest absolute Gasteiger partial charge is 0.308 e. The van der Waals surface area contributed by atoms with Gasteiger partial charge in [0.1, 0.15) is 0 Å². The lowest BCUT2D eigenvalue weighted by atomic mass is 9.97. The van der Waals surface area contributed by atoms with E-state index in [1.165, 1.54) is 0 Å². The van der Waals surface area contributed by atoms with Crippen molar-refractivity contribution in [2.45, 2.75) is 20.3 Å². The predicted octanol–water partition coefficient (Wildman–Crippen LogP) is 2.23. The minimum absolute atomic E-state index is 0.155. The largest absolute Gasteiger partial charge is 0.481 e. The summed E-state index contributed by atoms with van der Waals surface area (Å²) in [7, 11) is 3.86. The molecule has 0 saturated heterocycles. The van der Waals surface area contributed by atoms with E-state index in [2.05, 4.69) is 5.32 Å². The number of benzene rings is 1. The summed E-state index contributed by atoms with van der Waals surface area (Å²) in [5.41, 5.74) is 1.55. The van der Waals surface area contributed by atoms with Crippen LogP contribution in [0.3, 0.4) is 0 Å². The number of carbonyl (C=O) groups excluding carboxylic acids is 1. The third kappa shape index (κ3) is 5.45. The topological polar surface area (TPSA) is 69.6 Å². The van der Waals surface area contributed by atoms with Crippen molar-refractivity contribution in [1.82, 2.24) is 5.32 Å². The van der Waals surface area contributed by atoms with Gasteiger partial charge in [0.05, 0.1) is 5.92 Å². The minimum atomic E-state index is -0.869. The van der Waals surface area contributed by atoms with Crippen LogP contribution in [0.2, 0.25) is 0 Å². The first-order chi connectivity index (χ1) is 9.81. The number of anilines is 1. The number of carboxylic acids is 1. The number of nitrogens with one attached hydrogen (secondary N) is 1. The Bertz CT molecular complexity index is 481. The summed E-state index contributed by atoms with van der Waals surface area (Å²) in [5, 5.41) is 11.8. The lowest BCUT2D eigenvalue weighted by molar-refractivity contribution is -0.142. The van der Waals surface area contributed by atoms with Crippen LogP contribution < -0.4 is 10.2 Å². The Kier molecular flexibility index (Phi) is 6.21. The van der Waals surface area contributed by atoms with Crippen LogP contribution in [0.25, 0.3) is 0 Å². The van der Waals surface area contributed by atoms with Gasteiger partial charge in [0.15, 0.2) is 0 Å². The molecule has 0 fully saturated rings. The SMILES string of the molecule is CC(C)CC(CNC(=O)c1ccc(N(C)C)cc1)C(=O)O. The van der Waals surface area contributed by atoms with Crippen molar-refractivity contribution in [3.8, 4) is 0 Å². The highest BCUT2D eigenvalue weighted by molar-refractivity contribution is 5.94. The number of aliphatic carboxylic acids is 1. The van der Waals surface area contributed by atoms with Gasteiger partial charge in [-0.05, 0) is 36.6 Å². The van der Waals surface area contributed by atoms with Crippen LogP contribution in [0.5, 0.6) is 0 Å². The molecular weight excluding hydrogens is 268 g/mol. The summed E-state index contributed by atoms with van der Waals surface area (Å²) >= 11 is 0. The Morgan fingerprint density at radius 3 is 2.19 bits per heavy atom. The molecule has 1 amide bonds. The number of rotatable bonds is 7. The zero-order valence-electron chi connectivity index (χ0n) is 13.1. The average Bonchev–Trinajstić information content (AvgIpc) is 2.42. The molecule has 0 spiro atoms. The maximum absolute atomic E-state index is 12.0. The zero-order chi connectivity index (χ0) is 16.0. The summed E-state index contributed by atoms with van der Waals surface area (Å²) in [6, 6.07) is 7.20. The van der Waals surface area contributed by atoms with E-state index in [4.69, 9.17) is 5.11 Å². The number of amides is 1. The van der Waals surface area contributed by atoms with E-state index in [1.54, 1.807) is 12.1 Å². The van der Waals surface area contributed by atoms with Crippen LogP contribution >= 0.6 is 0 Å². The first-order valence-corrected chi connectivity index (χ1v) is 7.09. The second-order valence-corrected chi connectivity index (χ2v) is 5.82. The molecule has 0 aliphatic heterocycles. The number of carboxylic acid groups (broad SMARTS) is 1. The Morgan fingerprint density at radius 1 is 1.19 bits per heavy atom. The molecule has 0 radical (unpaired) electrons. The van der Waals surface area contributed by atoms with Crippen molar-refractivity contribution < 1.29 is 14.7 Å². The van der Waals surface area contributed by atoms with E-state index in [0.29, 0.717) is 12.0 Å². The predicted molar refractivity (Wildman–Crippen MR) is 83.7 cm³/mol.